The normalized spacial score (nSPS) is 22.2. The fraction of sp³-hybridized carbons (Fsp3) is 0.625. The minimum absolute atomic E-state index is 0.0441. The van der Waals surface area contributed by atoms with Gasteiger partial charge >= 0.3 is 5.97 Å². The number of carbonyl (C=O) groups excluding carboxylic acids is 1. The Morgan fingerprint density at radius 3 is 3.25 bits per heavy atom. The van der Waals surface area contributed by atoms with E-state index >= 15 is 0 Å². The summed E-state index contributed by atoms with van der Waals surface area (Å²) in [5, 5.41) is 3.11. The third-order valence-corrected chi connectivity index (χ3v) is 1.58. The van der Waals surface area contributed by atoms with Crippen LogP contribution in [0.2, 0.25) is 0 Å². The standard InChI is InChI=1S/C8H13NO3/c1-2-8(10)12-5-3-7-9-4-6-11-7/h2,7,9H,1,3-6H2. The molecule has 0 spiro atoms. The molecule has 1 aliphatic heterocycles. The maximum Gasteiger partial charge on any atom is 0.330 e. The topological polar surface area (TPSA) is 47.6 Å². The monoisotopic (exact) mass is 171 g/mol. The maximum absolute atomic E-state index is 10.6. The molecule has 1 saturated heterocycles. The quantitative estimate of drug-likeness (QED) is 0.479. The summed E-state index contributed by atoms with van der Waals surface area (Å²) >= 11 is 0. The number of carbonyl (C=O) groups is 1. The molecule has 1 heterocycles. The minimum atomic E-state index is -0.381. The molecular formula is C8H13NO3. The molecule has 4 heteroatoms. The van der Waals surface area contributed by atoms with Crippen LogP contribution < -0.4 is 5.32 Å². The molecule has 0 aromatic heterocycles. The molecule has 0 aromatic carbocycles. The molecule has 1 atom stereocenters. The van der Waals surface area contributed by atoms with Gasteiger partial charge in [0, 0.05) is 19.0 Å². The number of hydrogen-bond acceptors (Lipinski definition) is 4. The third kappa shape index (κ3) is 3.02. The fourth-order valence-corrected chi connectivity index (χ4v) is 0.991. The lowest BCUT2D eigenvalue weighted by atomic mass is 10.4. The summed E-state index contributed by atoms with van der Waals surface area (Å²) in [7, 11) is 0. The summed E-state index contributed by atoms with van der Waals surface area (Å²) in [4.78, 5) is 10.6. The van der Waals surface area contributed by atoms with E-state index in [4.69, 9.17) is 9.47 Å². The molecule has 0 aliphatic carbocycles. The Kier molecular flexibility index (Phi) is 3.76. The molecule has 1 fully saturated rings. The summed E-state index contributed by atoms with van der Waals surface area (Å²) in [6, 6.07) is 0. The van der Waals surface area contributed by atoms with Gasteiger partial charge in [0.1, 0.15) is 6.23 Å². The van der Waals surface area contributed by atoms with Crippen molar-refractivity contribution in [2.24, 2.45) is 0 Å². The largest absolute Gasteiger partial charge is 0.462 e. The second-order valence-electron chi connectivity index (χ2n) is 2.47. The van der Waals surface area contributed by atoms with Crippen LogP contribution >= 0.6 is 0 Å². The molecule has 12 heavy (non-hydrogen) atoms. The van der Waals surface area contributed by atoms with Crippen molar-refractivity contribution in [1.29, 1.82) is 0 Å². The first-order valence-electron chi connectivity index (χ1n) is 3.97. The van der Waals surface area contributed by atoms with Gasteiger partial charge in [-0.15, -0.1) is 0 Å². The van der Waals surface area contributed by atoms with Gasteiger partial charge < -0.3 is 9.47 Å². The molecular weight excluding hydrogens is 158 g/mol. The molecule has 0 bridgehead atoms. The van der Waals surface area contributed by atoms with Crippen molar-refractivity contribution in [2.75, 3.05) is 19.8 Å². The first-order chi connectivity index (χ1) is 5.83. The zero-order chi connectivity index (χ0) is 8.81. The second-order valence-corrected chi connectivity index (χ2v) is 2.47. The summed E-state index contributed by atoms with van der Waals surface area (Å²) in [5.41, 5.74) is 0. The average molecular weight is 171 g/mol. The number of esters is 1. The fourth-order valence-electron chi connectivity index (χ4n) is 0.991. The van der Waals surface area contributed by atoms with Gasteiger partial charge in [0.2, 0.25) is 0 Å². The van der Waals surface area contributed by atoms with Gasteiger partial charge in [0.15, 0.2) is 0 Å². The second kappa shape index (κ2) is 4.90. The highest BCUT2D eigenvalue weighted by Crippen LogP contribution is 2.00. The van der Waals surface area contributed by atoms with Crippen molar-refractivity contribution in [2.45, 2.75) is 12.6 Å². The van der Waals surface area contributed by atoms with Crippen LogP contribution in [0.1, 0.15) is 6.42 Å². The smallest absolute Gasteiger partial charge is 0.330 e. The van der Waals surface area contributed by atoms with Gasteiger partial charge in [-0.25, -0.2) is 4.79 Å². The van der Waals surface area contributed by atoms with Crippen molar-refractivity contribution in [1.82, 2.24) is 5.32 Å². The first kappa shape index (κ1) is 9.22. The molecule has 1 rings (SSSR count). The van der Waals surface area contributed by atoms with Crippen molar-refractivity contribution in [3.05, 3.63) is 12.7 Å². The lowest BCUT2D eigenvalue weighted by Gasteiger charge is -2.08. The van der Waals surface area contributed by atoms with E-state index in [1.807, 2.05) is 0 Å². The lowest BCUT2D eigenvalue weighted by molar-refractivity contribution is -0.138. The van der Waals surface area contributed by atoms with E-state index in [9.17, 15) is 4.79 Å². The molecule has 0 amide bonds. The van der Waals surface area contributed by atoms with Gasteiger partial charge in [-0.1, -0.05) is 6.58 Å². The summed E-state index contributed by atoms with van der Waals surface area (Å²) in [5.74, 6) is -0.381. The van der Waals surface area contributed by atoms with Gasteiger partial charge in [-0.2, -0.15) is 0 Å². The summed E-state index contributed by atoms with van der Waals surface area (Å²) in [6.07, 6.45) is 1.89. The Hall–Kier alpha value is -0.870. The molecule has 4 nitrogen and oxygen atoms in total. The maximum atomic E-state index is 10.6. The van der Waals surface area contributed by atoms with Gasteiger partial charge in [-0.05, 0) is 0 Å². The van der Waals surface area contributed by atoms with E-state index in [1.165, 1.54) is 0 Å². The van der Waals surface area contributed by atoms with Crippen molar-refractivity contribution in [3.63, 3.8) is 0 Å². The number of rotatable bonds is 4. The van der Waals surface area contributed by atoms with Gasteiger partial charge in [0.05, 0.1) is 13.2 Å². The Labute approximate surface area is 71.5 Å². The molecule has 0 radical (unpaired) electrons. The number of hydrogen-bond donors (Lipinski definition) is 1. The van der Waals surface area contributed by atoms with Crippen LogP contribution in [0.15, 0.2) is 12.7 Å². The Morgan fingerprint density at radius 1 is 1.83 bits per heavy atom. The molecule has 1 aliphatic rings. The molecule has 0 saturated carbocycles. The zero-order valence-corrected chi connectivity index (χ0v) is 6.91. The van der Waals surface area contributed by atoms with Crippen molar-refractivity contribution < 1.29 is 14.3 Å². The van der Waals surface area contributed by atoms with Crippen LogP contribution in [-0.2, 0) is 14.3 Å². The molecule has 1 N–H and O–H groups in total. The molecule has 68 valence electrons. The Bertz CT molecular complexity index is 164. The van der Waals surface area contributed by atoms with E-state index in [1.54, 1.807) is 0 Å². The average Bonchev–Trinajstić information content (AvgIpc) is 2.57. The van der Waals surface area contributed by atoms with Crippen LogP contribution in [0.25, 0.3) is 0 Å². The van der Waals surface area contributed by atoms with E-state index < -0.39 is 0 Å². The van der Waals surface area contributed by atoms with Crippen molar-refractivity contribution in [3.8, 4) is 0 Å². The Balaban J connectivity index is 2.01. The third-order valence-electron chi connectivity index (χ3n) is 1.58. The SMILES string of the molecule is C=CC(=O)OCCC1NCCO1. The van der Waals surface area contributed by atoms with E-state index in [0.29, 0.717) is 13.0 Å². The predicted molar refractivity (Wildman–Crippen MR) is 43.5 cm³/mol. The van der Waals surface area contributed by atoms with E-state index in [0.717, 1.165) is 19.2 Å². The summed E-state index contributed by atoms with van der Waals surface area (Å²) in [6.45, 7) is 5.28. The van der Waals surface area contributed by atoms with Crippen LogP contribution in [0.5, 0.6) is 0 Å². The van der Waals surface area contributed by atoms with Crippen LogP contribution in [0, 0.1) is 0 Å². The van der Waals surface area contributed by atoms with E-state index in [2.05, 4.69) is 11.9 Å². The van der Waals surface area contributed by atoms with E-state index in [-0.39, 0.29) is 12.2 Å². The molecule has 1 unspecified atom stereocenters. The predicted octanol–water partition coefficient (Wildman–Crippen LogP) is 0.0516. The highest BCUT2D eigenvalue weighted by atomic mass is 16.5. The van der Waals surface area contributed by atoms with Gasteiger partial charge in [0.25, 0.3) is 0 Å². The van der Waals surface area contributed by atoms with Crippen LogP contribution in [0.4, 0.5) is 0 Å². The highest BCUT2D eigenvalue weighted by molar-refractivity contribution is 5.81. The van der Waals surface area contributed by atoms with Gasteiger partial charge in [-0.3, -0.25) is 5.32 Å². The molecule has 0 aromatic rings. The number of nitrogens with one attached hydrogen (secondary N) is 1. The minimum Gasteiger partial charge on any atom is -0.462 e. The van der Waals surface area contributed by atoms with Crippen LogP contribution in [-0.4, -0.2) is 32.0 Å². The lowest BCUT2D eigenvalue weighted by Crippen LogP contribution is -2.24. The highest BCUT2D eigenvalue weighted by Gasteiger charge is 2.13. The Morgan fingerprint density at radius 2 is 2.67 bits per heavy atom. The van der Waals surface area contributed by atoms with Crippen molar-refractivity contribution >= 4 is 5.97 Å². The first-order valence-corrected chi connectivity index (χ1v) is 3.97. The number of ether oxygens (including phenoxy) is 2. The van der Waals surface area contributed by atoms with Crippen LogP contribution in [0.3, 0.4) is 0 Å². The zero-order valence-electron chi connectivity index (χ0n) is 6.91. The summed E-state index contributed by atoms with van der Waals surface area (Å²) < 4.78 is 10.0.